The highest BCUT2D eigenvalue weighted by atomic mass is 16.6. The molecule has 0 saturated carbocycles. The number of carbonyl (C=O) groups is 2. The number of carbonyl (C=O) groups excluding carboxylic acids is 4. The lowest BCUT2D eigenvalue weighted by Crippen LogP contribution is -2.37. The van der Waals surface area contributed by atoms with Gasteiger partial charge in [0, 0.05) is 6.42 Å². The van der Waals surface area contributed by atoms with E-state index in [9.17, 15) is 19.2 Å². The van der Waals surface area contributed by atoms with E-state index < -0.39 is 18.4 Å². The lowest BCUT2D eigenvalue weighted by molar-refractivity contribution is 0.0980. The molecule has 3 N–H and O–H groups in total. The monoisotopic (exact) mass is 270 g/mol. The third kappa shape index (κ3) is 10.4. The standard InChI is InChI=1S/C10H14N4O5/c11-9(17)14-10(18)19-8(13-7-16)4-2-1-3-5-12-6-15/h8H,1-5H2,(H3,11,14,17,18). The third-order valence-corrected chi connectivity index (χ3v) is 1.95. The molecule has 0 aromatic rings. The van der Waals surface area contributed by atoms with E-state index >= 15 is 0 Å². The number of amides is 3. The molecule has 0 radical (unpaired) electrons. The van der Waals surface area contributed by atoms with Crippen LogP contribution in [0.4, 0.5) is 9.59 Å². The highest BCUT2D eigenvalue weighted by Crippen LogP contribution is 2.08. The molecule has 0 spiro atoms. The zero-order valence-electron chi connectivity index (χ0n) is 10.1. The van der Waals surface area contributed by atoms with Gasteiger partial charge in [0.05, 0.1) is 6.54 Å². The maximum atomic E-state index is 11.0. The van der Waals surface area contributed by atoms with Gasteiger partial charge in [-0.3, -0.25) is 0 Å². The van der Waals surface area contributed by atoms with Gasteiger partial charge in [-0.05, 0) is 12.8 Å². The fraction of sp³-hybridized carbons (Fsp3) is 0.600. The lowest BCUT2D eigenvalue weighted by atomic mass is 10.2. The molecule has 19 heavy (non-hydrogen) atoms. The number of isocyanates is 2. The normalized spacial score (nSPS) is 10.5. The van der Waals surface area contributed by atoms with E-state index in [1.165, 1.54) is 12.2 Å². The molecule has 1 atom stereocenters. The second-order valence-electron chi connectivity index (χ2n) is 3.39. The van der Waals surface area contributed by atoms with Gasteiger partial charge >= 0.3 is 12.1 Å². The summed E-state index contributed by atoms with van der Waals surface area (Å²) < 4.78 is 4.66. The van der Waals surface area contributed by atoms with Crippen molar-refractivity contribution < 1.29 is 23.9 Å². The number of urea groups is 1. The minimum Gasteiger partial charge on any atom is -0.422 e. The summed E-state index contributed by atoms with van der Waals surface area (Å²) in [5, 5.41) is 1.68. The van der Waals surface area contributed by atoms with Crippen molar-refractivity contribution in [2.24, 2.45) is 15.7 Å². The highest BCUT2D eigenvalue weighted by Gasteiger charge is 2.14. The summed E-state index contributed by atoms with van der Waals surface area (Å²) in [5.41, 5.74) is 4.71. The van der Waals surface area contributed by atoms with Crippen molar-refractivity contribution in [3.8, 4) is 0 Å². The molecule has 3 amide bonds. The second kappa shape index (κ2) is 10.6. The van der Waals surface area contributed by atoms with E-state index in [0.717, 1.165) is 0 Å². The van der Waals surface area contributed by atoms with Gasteiger partial charge in [-0.2, -0.15) is 4.99 Å². The Morgan fingerprint density at radius 3 is 2.53 bits per heavy atom. The van der Waals surface area contributed by atoms with E-state index in [1.54, 1.807) is 5.32 Å². The van der Waals surface area contributed by atoms with Crippen LogP contribution in [0.25, 0.3) is 0 Å². The largest absolute Gasteiger partial charge is 0.422 e. The summed E-state index contributed by atoms with van der Waals surface area (Å²) in [5.74, 6) is 0. The van der Waals surface area contributed by atoms with Gasteiger partial charge in [-0.15, -0.1) is 0 Å². The highest BCUT2D eigenvalue weighted by molar-refractivity contribution is 5.89. The molecular weight excluding hydrogens is 256 g/mol. The van der Waals surface area contributed by atoms with E-state index in [0.29, 0.717) is 25.8 Å². The maximum Gasteiger partial charge on any atom is 0.417 e. The fourth-order valence-electron chi connectivity index (χ4n) is 1.19. The molecule has 9 heteroatoms. The van der Waals surface area contributed by atoms with Crippen molar-refractivity contribution >= 4 is 24.3 Å². The van der Waals surface area contributed by atoms with Gasteiger partial charge in [-0.25, -0.2) is 29.5 Å². The quantitative estimate of drug-likeness (QED) is 0.372. The van der Waals surface area contributed by atoms with E-state index in [-0.39, 0.29) is 6.42 Å². The number of hydrogen-bond donors (Lipinski definition) is 2. The number of hydrogen-bond acceptors (Lipinski definition) is 7. The van der Waals surface area contributed by atoms with Crippen molar-refractivity contribution in [2.75, 3.05) is 6.54 Å². The lowest BCUT2D eigenvalue weighted by Gasteiger charge is -2.11. The Bertz CT molecular complexity index is 399. The predicted octanol–water partition coefficient (Wildman–Crippen LogP) is 0.349. The van der Waals surface area contributed by atoms with Gasteiger partial charge in [0.25, 0.3) is 0 Å². The number of primary amides is 1. The summed E-state index contributed by atoms with van der Waals surface area (Å²) in [6.45, 7) is 0.369. The molecule has 0 aliphatic carbocycles. The Balaban J connectivity index is 3.98. The predicted molar refractivity (Wildman–Crippen MR) is 62.6 cm³/mol. The molecule has 0 rings (SSSR count). The van der Waals surface area contributed by atoms with Gasteiger partial charge in [0.2, 0.25) is 18.4 Å². The SMILES string of the molecule is NC(=O)NC(=O)OC(CCCCCN=C=O)N=C=O. The van der Waals surface area contributed by atoms with Crippen LogP contribution in [0.15, 0.2) is 9.98 Å². The number of ether oxygens (including phenoxy) is 1. The number of alkyl carbamates (subject to hydrolysis) is 1. The zero-order chi connectivity index (χ0) is 14.5. The van der Waals surface area contributed by atoms with Crippen molar-refractivity contribution in [3.63, 3.8) is 0 Å². The summed E-state index contributed by atoms with van der Waals surface area (Å²) in [6.07, 6.45) is 2.83. The van der Waals surface area contributed by atoms with Crippen LogP contribution >= 0.6 is 0 Å². The minimum atomic E-state index is -1.08. The summed E-state index contributed by atoms with van der Waals surface area (Å²) in [4.78, 5) is 48.0. The Morgan fingerprint density at radius 2 is 1.95 bits per heavy atom. The Labute approximate surface area is 108 Å². The molecule has 0 bridgehead atoms. The number of nitrogens with one attached hydrogen (secondary N) is 1. The Hall–Kier alpha value is -2.50. The minimum absolute atomic E-state index is 0.284. The van der Waals surface area contributed by atoms with E-state index in [1.807, 2.05) is 0 Å². The fourth-order valence-corrected chi connectivity index (χ4v) is 1.19. The molecule has 0 heterocycles. The smallest absolute Gasteiger partial charge is 0.417 e. The van der Waals surface area contributed by atoms with Crippen LogP contribution in [0.3, 0.4) is 0 Å². The molecule has 0 fully saturated rings. The van der Waals surface area contributed by atoms with Crippen molar-refractivity contribution in [3.05, 3.63) is 0 Å². The molecule has 0 aromatic carbocycles. The first-order valence-electron chi connectivity index (χ1n) is 5.47. The molecule has 0 aliphatic rings. The number of nitrogens with zero attached hydrogens (tertiary/aromatic N) is 2. The van der Waals surface area contributed by atoms with Gasteiger partial charge < -0.3 is 10.5 Å². The molecule has 1 unspecified atom stereocenters. The first-order chi connectivity index (χ1) is 9.10. The van der Waals surface area contributed by atoms with Crippen LogP contribution in [0.1, 0.15) is 25.7 Å². The van der Waals surface area contributed by atoms with Crippen LogP contribution in [0.2, 0.25) is 0 Å². The van der Waals surface area contributed by atoms with Crippen LogP contribution in [-0.2, 0) is 14.3 Å². The Morgan fingerprint density at radius 1 is 1.21 bits per heavy atom. The van der Waals surface area contributed by atoms with Crippen LogP contribution < -0.4 is 11.1 Å². The van der Waals surface area contributed by atoms with Gasteiger partial charge in [0.15, 0.2) is 0 Å². The van der Waals surface area contributed by atoms with Gasteiger partial charge in [-0.1, -0.05) is 6.42 Å². The number of rotatable bonds is 8. The van der Waals surface area contributed by atoms with Gasteiger partial charge in [0.1, 0.15) is 0 Å². The molecule has 104 valence electrons. The third-order valence-electron chi connectivity index (χ3n) is 1.95. The van der Waals surface area contributed by atoms with Crippen LogP contribution in [0.5, 0.6) is 0 Å². The second-order valence-corrected chi connectivity index (χ2v) is 3.39. The average Bonchev–Trinajstić information content (AvgIpc) is 2.32. The maximum absolute atomic E-state index is 11.0. The molecule has 0 aromatic heterocycles. The number of unbranched alkanes of at least 4 members (excludes halogenated alkanes) is 2. The first kappa shape index (κ1) is 16.5. The number of aliphatic imine (C=N–C) groups is 2. The van der Waals surface area contributed by atoms with E-state index in [4.69, 9.17) is 5.73 Å². The zero-order valence-corrected chi connectivity index (χ0v) is 10.1. The van der Waals surface area contributed by atoms with Crippen LogP contribution in [-0.4, -0.2) is 37.1 Å². The first-order valence-corrected chi connectivity index (χ1v) is 5.47. The Kier molecular flexibility index (Phi) is 9.24. The van der Waals surface area contributed by atoms with Crippen molar-refractivity contribution in [1.82, 2.24) is 5.32 Å². The van der Waals surface area contributed by atoms with Crippen molar-refractivity contribution in [1.29, 1.82) is 0 Å². The van der Waals surface area contributed by atoms with Crippen molar-refractivity contribution in [2.45, 2.75) is 31.9 Å². The molecule has 9 nitrogen and oxygen atoms in total. The van der Waals surface area contributed by atoms with Crippen LogP contribution in [0, 0.1) is 0 Å². The van der Waals surface area contributed by atoms with E-state index in [2.05, 4.69) is 14.7 Å². The molecule has 0 saturated heterocycles. The number of nitrogens with two attached hydrogens (primary N) is 1. The summed E-state index contributed by atoms with van der Waals surface area (Å²) in [7, 11) is 0. The molecular formula is C10H14N4O5. The average molecular weight is 270 g/mol. The summed E-state index contributed by atoms with van der Waals surface area (Å²) in [6, 6.07) is -1.06. The summed E-state index contributed by atoms with van der Waals surface area (Å²) >= 11 is 0. The topological polar surface area (TPSA) is 140 Å². The molecule has 0 aliphatic heterocycles. The number of imide groups is 1.